The Labute approximate surface area is 152 Å². The molecular weight excluding hydrogens is 338 g/mol. The van der Waals surface area contributed by atoms with Crippen molar-refractivity contribution >= 4 is 23.6 Å². The van der Waals surface area contributed by atoms with Crippen LogP contribution in [0.3, 0.4) is 0 Å². The molecule has 2 heterocycles. The first-order valence-corrected chi connectivity index (χ1v) is 9.05. The average molecular weight is 365 g/mol. The molecule has 6 N–H and O–H groups in total. The third-order valence-corrected chi connectivity index (χ3v) is 6.32. The molecule has 3 fully saturated rings. The molecule has 0 spiro atoms. The summed E-state index contributed by atoms with van der Waals surface area (Å²) < 4.78 is 0. The van der Waals surface area contributed by atoms with Gasteiger partial charge in [-0.05, 0) is 30.1 Å². The molecule has 9 nitrogen and oxygen atoms in total. The van der Waals surface area contributed by atoms with Gasteiger partial charge >= 0.3 is 0 Å². The quantitative estimate of drug-likeness (QED) is 0.427. The van der Waals surface area contributed by atoms with Gasteiger partial charge in [0.2, 0.25) is 23.6 Å². The van der Waals surface area contributed by atoms with Crippen molar-refractivity contribution in [3.63, 3.8) is 0 Å². The number of amides is 4. The lowest BCUT2D eigenvalue weighted by atomic mass is 9.96. The van der Waals surface area contributed by atoms with E-state index in [-0.39, 0.29) is 47.9 Å². The number of carbonyl (C=O) groups excluding carboxylic acids is 4. The second kappa shape index (κ2) is 6.53. The van der Waals surface area contributed by atoms with Crippen molar-refractivity contribution in [2.75, 3.05) is 19.6 Å². The molecule has 5 atom stereocenters. The normalized spacial score (nSPS) is 32.6. The highest BCUT2D eigenvalue weighted by molar-refractivity contribution is 5.93. The number of hydrogen-bond acceptors (Lipinski definition) is 5. The highest BCUT2D eigenvalue weighted by Gasteiger charge is 2.69. The van der Waals surface area contributed by atoms with Gasteiger partial charge in [0.1, 0.15) is 12.1 Å². The van der Waals surface area contributed by atoms with Crippen molar-refractivity contribution in [2.24, 2.45) is 34.6 Å². The molecule has 2 unspecified atom stereocenters. The van der Waals surface area contributed by atoms with E-state index in [0.29, 0.717) is 19.5 Å². The molecule has 9 heteroatoms. The number of fused-ring (bicyclic) bond motifs is 1. The summed E-state index contributed by atoms with van der Waals surface area (Å²) in [5.41, 5.74) is 10.9. The van der Waals surface area contributed by atoms with Gasteiger partial charge in [0.05, 0.1) is 6.54 Å². The zero-order valence-corrected chi connectivity index (χ0v) is 15.2. The third kappa shape index (κ3) is 3.04. The molecule has 0 radical (unpaired) electrons. The summed E-state index contributed by atoms with van der Waals surface area (Å²) in [5.74, 6) is -1.54. The van der Waals surface area contributed by atoms with Gasteiger partial charge in [-0.3, -0.25) is 19.2 Å². The van der Waals surface area contributed by atoms with Gasteiger partial charge in [0.25, 0.3) is 0 Å². The zero-order chi connectivity index (χ0) is 19.2. The Bertz CT molecular complexity index is 649. The van der Waals surface area contributed by atoms with Gasteiger partial charge in [-0.2, -0.15) is 0 Å². The monoisotopic (exact) mass is 365 g/mol. The summed E-state index contributed by atoms with van der Waals surface area (Å²) in [6.45, 7) is 5.04. The van der Waals surface area contributed by atoms with Crippen molar-refractivity contribution in [3.8, 4) is 0 Å². The second-order valence-corrected chi connectivity index (χ2v) is 8.12. The Morgan fingerprint density at radius 1 is 1.38 bits per heavy atom. The largest absolute Gasteiger partial charge is 0.368 e. The second-order valence-electron chi connectivity index (χ2n) is 8.12. The van der Waals surface area contributed by atoms with Crippen LogP contribution in [0, 0.1) is 23.2 Å². The fourth-order valence-corrected chi connectivity index (χ4v) is 4.62. The van der Waals surface area contributed by atoms with Crippen molar-refractivity contribution in [2.45, 2.75) is 38.8 Å². The lowest BCUT2D eigenvalue weighted by Gasteiger charge is -2.31. The summed E-state index contributed by atoms with van der Waals surface area (Å²) in [4.78, 5) is 50.1. The smallest absolute Gasteiger partial charge is 0.243 e. The SMILES string of the molecule is CC1(C)C2CN(C(=O)CN)[C@H](C(=O)N[C@@H](C[C@@H]3CCNC3=O)C(N)=O)C21. The zero-order valence-electron chi connectivity index (χ0n) is 15.2. The number of primary amides is 1. The van der Waals surface area contributed by atoms with Crippen molar-refractivity contribution in [3.05, 3.63) is 0 Å². The maximum absolute atomic E-state index is 12.9. The molecule has 144 valence electrons. The fourth-order valence-electron chi connectivity index (χ4n) is 4.62. The van der Waals surface area contributed by atoms with E-state index in [4.69, 9.17) is 11.5 Å². The molecule has 3 aliphatic rings. The number of nitrogens with two attached hydrogens (primary N) is 2. The van der Waals surface area contributed by atoms with Crippen LogP contribution < -0.4 is 22.1 Å². The maximum Gasteiger partial charge on any atom is 0.243 e. The minimum atomic E-state index is -0.938. The van der Waals surface area contributed by atoms with Crippen LogP contribution in [0.1, 0.15) is 26.7 Å². The topological polar surface area (TPSA) is 148 Å². The molecule has 0 aromatic heterocycles. The first kappa shape index (κ1) is 18.6. The molecule has 0 aromatic rings. The van der Waals surface area contributed by atoms with Gasteiger partial charge in [-0.25, -0.2) is 0 Å². The Kier molecular flexibility index (Phi) is 4.68. The first-order chi connectivity index (χ1) is 12.2. The highest BCUT2D eigenvalue weighted by atomic mass is 16.2. The fraction of sp³-hybridized carbons (Fsp3) is 0.765. The maximum atomic E-state index is 12.9. The van der Waals surface area contributed by atoms with Crippen LogP contribution in [0.2, 0.25) is 0 Å². The van der Waals surface area contributed by atoms with Crippen molar-refractivity contribution in [1.29, 1.82) is 0 Å². The number of nitrogens with zero attached hydrogens (tertiary/aromatic N) is 1. The molecule has 1 aliphatic carbocycles. The Morgan fingerprint density at radius 2 is 2.08 bits per heavy atom. The van der Waals surface area contributed by atoms with Crippen molar-refractivity contribution in [1.82, 2.24) is 15.5 Å². The van der Waals surface area contributed by atoms with E-state index in [1.807, 2.05) is 0 Å². The lowest BCUT2D eigenvalue weighted by molar-refractivity contribution is -0.140. The Balaban J connectivity index is 1.72. The number of carbonyl (C=O) groups is 4. The number of nitrogens with one attached hydrogen (secondary N) is 2. The molecule has 4 amide bonds. The van der Waals surface area contributed by atoms with Gasteiger partial charge < -0.3 is 27.0 Å². The molecule has 0 bridgehead atoms. The van der Waals surface area contributed by atoms with Crippen LogP contribution in [-0.4, -0.2) is 60.2 Å². The highest BCUT2D eigenvalue weighted by Crippen LogP contribution is 2.64. The third-order valence-electron chi connectivity index (χ3n) is 6.32. The van der Waals surface area contributed by atoms with E-state index >= 15 is 0 Å². The summed E-state index contributed by atoms with van der Waals surface area (Å²) in [7, 11) is 0. The van der Waals surface area contributed by atoms with Crippen molar-refractivity contribution < 1.29 is 19.2 Å². The summed E-state index contributed by atoms with van der Waals surface area (Å²) in [6, 6.07) is -1.59. The van der Waals surface area contributed by atoms with E-state index < -0.39 is 23.9 Å². The van der Waals surface area contributed by atoms with E-state index in [9.17, 15) is 19.2 Å². The molecule has 1 saturated carbocycles. The van der Waals surface area contributed by atoms with Gasteiger partial charge in [-0.1, -0.05) is 13.8 Å². The van der Waals surface area contributed by atoms with E-state index in [1.54, 1.807) is 0 Å². The van der Waals surface area contributed by atoms with Gasteiger partial charge in [-0.15, -0.1) is 0 Å². The Hall–Kier alpha value is -2.16. The van der Waals surface area contributed by atoms with Crippen LogP contribution in [0.15, 0.2) is 0 Å². The minimum Gasteiger partial charge on any atom is -0.368 e. The number of rotatable bonds is 6. The van der Waals surface area contributed by atoms with Gasteiger partial charge in [0, 0.05) is 19.0 Å². The summed E-state index contributed by atoms with van der Waals surface area (Å²) in [5, 5.41) is 5.39. The van der Waals surface area contributed by atoms with Gasteiger partial charge in [0.15, 0.2) is 0 Å². The van der Waals surface area contributed by atoms with Crippen LogP contribution in [0.4, 0.5) is 0 Å². The van der Waals surface area contributed by atoms with Crippen LogP contribution >= 0.6 is 0 Å². The standard InChI is InChI=1S/C17H27N5O4/c1-17(2)9-7-22(11(23)6-18)13(12(9)17)16(26)21-10(14(19)24)5-8-3-4-20-15(8)25/h8-10,12-13H,3-7,18H2,1-2H3,(H2,19,24)(H,20,25)(H,21,26)/t8-,9?,10-,12?,13-/m0/s1. The van der Waals surface area contributed by atoms with E-state index in [1.165, 1.54) is 4.90 Å². The molecular formula is C17H27N5O4. The average Bonchev–Trinajstić information content (AvgIpc) is 2.95. The summed E-state index contributed by atoms with van der Waals surface area (Å²) >= 11 is 0. The molecule has 2 aliphatic heterocycles. The van der Waals surface area contributed by atoms with E-state index in [0.717, 1.165) is 0 Å². The van der Waals surface area contributed by atoms with Crippen LogP contribution in [0.5, 0.6) is 0 Å². The number of hydrogen-bond donors (Lipinski definition) is 4. The predicted octanol–water partition coefficient (Wildman–Crippen LogP) is -2.08. The van der Waals surface area contributed by atoms with Crippen LogP contribution in [0.25, 0.3) is 0 Å². The molecule has 26 heavy (non-hydrogen) atoms. The summed E-state index contributed by atoms with van der Waals surface area (Å²) in [6.07, 6.45) is 0.777. The first-order valence-electron chi connectivity index (χ1n) is 9.05. The number of likely N-dealkylation sites (tertiary alicyclic amines) is 1. The lowest BCUT2D eigenvalue weighted by Crippen LogP contribution is -2.55. The number of piperidine rings is 1. The van der Waals surface area contributed by atoms with Crippen LogP contribution in [-0.2, 0) is 19.2 Å². The minimum absolute atomic E-state index is 0.0268. The predicted molar refractivity (Wildman–Crippen MR) is 92.2 cm³/mol. The Morgan fingerprint density at radius 3 is 2.62 bits per heavy atom. The molecule has 2 saturated heterocycles. The molecule has 3 rings (SSSR count). The van der Waals surface area contributed by atoms with E-state index in [2.05, 4.69) is 24.5 Å². The molecule has 0 aromatic carbocycles.